The summed E-state index contributed by atoms with van der Waals surface area (Å²) in [7, 11) is 0. The number of carbonyl (C=O) groups is 1. The van der Waals surface area contributed by atoms with Gasteiger partial charge in [-0.15, -0.1) is 0 Å². The Morgan fingerprint density at radius 1 is 1.14 bits per heavy atom. The van der Waals surface area contributed by atoms with Crippen molar-refractivity contribution in [3.8, 4) is 0 Å². The fraction of sp³-hybridized carbons (Fsp3) is 0.435. The van der Waals surface area contributed by atoms with Crippen LogP contribution >= 0.6 is 0 Å². The number of aryl methyl sites for hydroxylation is 2. The van der Waals surface area contributed by atoms with Gasteiger partial charge in [-0.3, -0.25) is 4.79 Å². The molecule has 2 aromatic heterocycles. The number of anilines is 1. The van der Waals surface area contributed by atoms with E-state index in [0.717, 1.165) is 73.1 Å². The minimum Gasteiger partial charge on any atom is -0.335 e. The van der Waals surface area contributed by atoms with Gasteiger partial charge in [-0.1, -0.05) is 22.9 Å². The van der Waals surface area contributed by atoms with Crippen LogP contribution in [-0.4, -0.2) is 22.6 Å². The van der Waals surface area contributed by atoms with E-state index < -0.39 is 0 Å². The lowest BCUT2D eigenvalue weighted by Crippen LogP contribution is -2.35. The Kier molecular flexibility index (Phi) is 3.43. The molecular formula is C23H23N3O2. The van der Waals surface area contributed by atoms with E-state index in [0.29, 0.717) is 17.5 Å². The molecule has 6 rings (SSSR count). The molecule has 28 heavy (non-hydrogen) atoms. The maximum absolute atomic E-state index is 13.8. The number of pyridine rings is 1. The summed E-state index contributed by atoms with van der Waals surface area (Å²) in [5, 5.41) is 5.16. The summed E-state index contributed by atoms with van der Waals surface area (Å²) in [5.74, 6) is 0.934. The van der Waals surface area contributed by atoms with Crippen LogP contribution in [0.1, 0.15) is 76.8 Å². The van der Waals surface area contributed by atoms with Crippen molar-refractivity contribution in [1.82, 2.24) is 10.1 Å². The fourth-order valence-electron chi connectivity index (χ4n) is 4.47. The van der Waals surface area contributed by atoms with Crippen molar-refractivity contribution < 1.29 is 9.32 Å². The molecule has 5 nitrogen and oxygen atoms in total. The maximum Gasteiger partial charge on any atom is 0.259 e. The van der Waals surface area contributed by atoms with Crippen LogP contribution in [0.3, 0.4) is 0 Å². The zero-order valence-electron chi connectivity index (χ0n) is 16.1. The van der Waals surface area contributed by atoms with Crippen molar-refractivity contribution >= 4 is 22.7 Å². The van der Waals surface area contributed by atoms with Gasteiger partial charge in [0, 0.05) is 29.8 Å². The number of rotatable bonds is 3. The third-order valence-electron chi connectivity index (χ3n) is 6.28. The predicted octanol–water partition coefficient (Wildman–Crippen LogP) is 4.88. The van der Waals surface area contributed by atoms with Gasteiger partial charge in [0.1, 0.15) is 0 Å². The number of hydrogen-bond donors (Lipinski definition) is 0. The molecule has 0 atom stereocenters. The normalized spacial score (nSPS) is 19.1. The van der Waals surface area contributed by atoms with E-state index in [1.54, 1.807) is 0 Å². The van der Waals surface area contributed by atoms with Crippen LogP contribution in [0.2, 0.25) is 0 Å². The van der Waals surface area contributed by atoms with Gasteiger partial charge in [0.15, 0.2) is 0 Å². The van der Waals surface area contributed by atoms with Gasteiger partial charge in [-0.25, -0.2) is 4.98 Å². The molecule has 0 spiro atoms. The molecule has 0 N–H and O–H groups in total. The Morgan fingerprint density at radius 2 is 1.96 bits per heavy atom. The van der Waals surface area contributed by atoms with Crippen molar-refractivity contribution in [1.29, 1.82) is 0 Å². The Morgan fingerprint density at radius 3 is 2.75 bits per heavy atom. The summed E-state index contributed by atoms with van der Waals surface area (Å²) in [6.07, 6.45) is 6.53. The number of carbonyl (C=O) groups excluding carboxylic acids is 1. The number of fused-ring (bicyclic) bond motifs is 2. The number of amides is 1. The van der Waals surface area contributed by atoms with Crippen molar-refractivity contribution in [2.45, 2.75) is 57.3 Å². The molecule has 0 saturated heterocycles. The second-order valence-corrected chi connectivity index (χ2v) is 8.58. The van der Waals surface area contributed by atoms with E-state index in [1.807, 2.05) is 11.0 Å². The third kappa shape index (κ3) is 2.56. The first-order valence-corrected chi connectivity index (χ1v) is 10.4. The smallest absolute Gasteiger partial charge is 0.259 e. The number of nitrogens with zero attached hydrogens (tertiary/aromatic N) is 3. The summed E-state index contributed by atoms with van der Waals surface area (Å²) >= 11 is 0. The van der Waals surface area contributed by atoms with E-state index in [9.17, 15) is 4.79 Å². The summed E-state index contributed by atoms with van der Waals surface area (Å²) in [6.45, 7) is 2.86. The van der Waals surface area contributed by atoms with E-state index >= 15 is 0 Å². The first-order valence-electron chi connectivity index (χ1n) is 10.4. The third-order valence-corrected chi connectivity index (χ3v) is 6.28. The van der Waals surface area contributed by atoms with Gasteiger partial charge in [0.05, 0.1) is 16.6 Å². The van der Waals surface area contributed by atoms with Crippen LogP contribution in [-0.2, 0) is 6.42 Å². The highest BCUT2D eigenvalue weighted by atomic mass is 16.5. The quantitative estimate of drug-likeness (QED) is 0.656. The topological polar surface area (TPSA) is 59.2 Å². The molecule has 3 aliphatic rings. The Hall–Kier alpha value is -2.69. The van der Waals surface area contributed by atoms with Gasteiger partial charge in [-0.05, 0) is 63.1 Å². The molecule has 2 fully saturated rings. The predicted molar refractivity (Wildman–Crippen MR) is 107 cm³/mol. The van der Waals surface area contributed by atoms with Crippen molar-refractivity contribution in [2.75, 3.05) is 11.4 Å². The summed E-state index contributed by atoms with van der Waals surface area (Å²) in [4.78, 5) is 20.4. The largest absolute Gasteiger partial charge is 0.335 e. The lowest BCUT2D eigenvalue weighted by Gasteiger charge is -2.30. The van der Waals surface area contributed by atoms with E-state index in [1.165, 1.54) is 11.1 Å². The SMILES string of the molecule is Cc1ccc2c(c1)CCCN2C(=O)c1cc(C2CC2)nc2onc(C3CC3)c12. The van der Waals surface area contributed by atoms with Gasteiger partial charge < -0.3 is 9.42 Å². The minimum atomic E-state index is 0.0594. The lowest BCUT2D eigenvalue weighted by atomic mass is 9.97. The Balaban J connectivity index is 1.50. The molecule has 0 unspecified atom stereocenters. The molecule has 0 radical (unpaired) electrons. The highest BCUT2D eigenvalue weighted by molar-refractivity contribution is 6.14. The van der Waals surface area contributed by atoms with Gasteiger partial charge >= 0.3 is 0 Å². The molecule has 0 bridgehead atoms. The monoisotopic (exact) mass is 373 g/mol. The standard InChI is InChI=1S/C23H23N3O2/c1-13-4-9-19-16(11-13)3-2-10-26(19)23(27)17-12-18(14-5-6-14)24-22-20(17)21(25-28-22)15-7-8-15/h4,9,11-12,14-15H,2-3,5-8,10H2,1H3. The van der Waals surface area contributed by atoms with E-state index in [2.05, 4.69) is 30.3 Å². The van der Waals surface area contributed by atoms with Crippen molar-refractivity contribution in [3.05, 3.63) is 52.3 Å². The Bertz CT molecular complexity index is 1110. The van der Waals surface area contributed by atoms with Crippen LogP contribution in [0.5, 0.6) is 0 Å². The highest BCUT2D eigenvalue weighted by Gasteiger charge is 2.35. The van der Waals surface area contributed by atoms with E-state index in [-0.39, 0.29) is 5.91 Å². The molecular weight excluding hydrogens is 350 g/mol. The van der Waals surface area contributed by atoms with Gasteiger partial charge in [-0.2, -0.15) is 0 Å². The van der Waals surface area contributed by atoms with Crippen LogP contribution in [0.25, 0.3) is 11.1 Å². The summed E-state index contributed by atoms with van der Waals surface area (Å²) in [5.41, 5.74) is 6.72. The molecule has 142 valence electrons. The number of hydrogen-bond acceptors (Lipinski definition) is 4. The van der Waals surface area contributed by atoms with Crippen molar-refractivity contribution in [3.63, 3.8) is 0 Å². The van der Waals surface area contributed by atoms with Crippen LogP contribution in [0, 0.1) is 6.92 Å². The van der Waals surface area contributed by atoms with Crippen LogP contribution < -0.4 is 4.90 Å². The van der Waals surface area contributed by atoms with Gasteiger partial charge in [0.25, 0.3) is 11.6 Å². The fourth-order valence-corrected chi connectivity index (χ4v) is 4.47. The zero-order chi connectivity index (χ0) is 18.8. The highest BCUT2D eigenvalue weighted by Crippen LogP contribution is 2.45. The first-order chi connectivity index (χ1) is 13.7. The molecule has 5 heteroatoms. The lowest BCUT2D eigenvalue weighted by molar-refractivity contribution is 0.0986. The van der Waals surface area contributed by atoms with Crippen LogP contribution in [0.15, 0.2) is 28.8 Å². The molecule has 2 aliphatic carbocycles. The van der Waals surface area contributed by atoms with Crippen molar-refractivity contribution in [2.24, 2.45) is 0 Å². The Labute approximate surface area is 163 Å². The zero-order valence-corrected chi connectivity index (χ0v) is 16.1. The minimum absolute atomic E-state index is 0.0594. The molecule has 1 aromatic carbocycles. The number of aromatic nitrogens is 2. The second kappa shape index (κ2) is 5.90. The molecule has 1 aliphatic heterocycles. The average Bonchev–Trinajstić information content (AvgIpc) is 3.63. The maximum atomic E-state index is 13.8. The number of benzene rings is 1. The average molecular weight is 373 g/mol. The molecule has 3 aromatic rings. The second-order valence-electron chi connectivity index (χ2n) is 8.58. The molecule has 2 saturated carbocycles. The summed E-state index contributed by atoms with van der Waals surface area (Å²) < 4.78 is 5.60. The first kappa shape index (κ1) is 16.3. The molecule has 3 heterocycles. The van der Waals surface area contributed by atoms with E-state index in [4.69, 9.17) is 9.51 Å². The van der Waals surface area contributed by atoms with Gasteiger partial charge in [0.2, 0.25) is 0 Å². The molecule has 1 amide bonds. The summed E-state index contributed by atoms with van der Waals surface area (Å²) in [6, 6.07) is 8.42. The van der Waals surface area contributed by atoms with Crippen LogP contribution in [0.4, 0.5) is 5.69 Å².